The highest BCUT2D eigenvalue weighted by atomic mass is 16.3. The van der Waals surface area contributed by atoms with Crippen molar-refractivity contribution >= 4 is 0 Å². The first-order chi connectivity index (χ1) is 3.31. The normalized spacial score (nSPS) is 10.7. The topological polar surface area (TPSA) is 32.3 Å². The summed E-state index contributed by atoms with van der Waals surface area (Å²) in [6.45, 7) is 3.32. The Morgan fingerprint density at radius 2 is 2.43 bits per heavy atom. The molecule has 0 bridgehead atoms. The number of aliphatic hydroxyl groups is 1. The molecule has 0 aliphatic carbocycles. The molecule has 0 spiro atoms. The lowest BCUT2D eigenvalue weighted by Crippen LogP contribution is -1.93. The van der Waals surface area contributed by atoms with Crippen LogP contribution < -0.4 is 5.32 Å². The van der Waals surface area contributed by atoms with Crippen LogP contribution in [0, 0.1) is 0 Å². The summed E-state index contributed by atoms with van der Waals surface area (Å²) in [4.78, 5) is 0. The van der Waals surface area contributed by atoms with Gasteiger partial charge in [-0.15, -0.1) is 0 Å². The van der Waals surface area contributed by atoms with Crippen LogP contribution in [0.3, 0.4) is 0 Å². The third-order valence-corrected chi connectivity index (χ3v) is 0.501. The standard InChI is InChI=1S/C5H9NO/c1-3-5(7)4-6-2/h3-4,6-7H,1H2,2H3/b5-4+. The Balaban J connectivity index is 3.49. The maximum absolute atomic E-state index is 8.54. The second-order valence-electron chi connectivity index (χ2n) is 1.06. The van der Waals surface area contributed by atoms with Gasteiger partial charge in [-0.1, -0.05) is 6.58 Å². The van der Waals surface area contributed by atoms with E-state index >= 15 is 0 Å². The number of hydrogen-bond acceptors (Lipinski definition) is 2. The van der Waals surface area contributed by atoms with Gasteiger partial charge in [0.05, 0.1) is 0 Å². The molecule has 0 aliphatic rings. The molecular formula is C5H9NO. The lowest BCUT2D eigenvalue weighted by molar-refractivity contribution is 0.429. The second kappa shape index (κ2) is 3.28. The summed E-state index contributed by atoms with van der Waals surface area (Å²) in [6.07, 6.45) is 2.81. The Morgan fingerprint density at radius 1 is 1.86 bits per heavy atom. The van der Waals surface area contributed by atoms with Gasteiger partial charge in [-0.3, -0.25) is 0 Å². The van der Waals surface area contributed by atoms with Gasteiger partial charge in [-0.2, -0.15) is 0 Å². The minimum atomic E-state index is 0.155. The van der Waals surface area contributed by atoms with Crippen molar-refractivity contribution < 1.29 is 5.11 Å². The van der Waals surface area contributed by atoms with Crippen LogP contribution in [0.15, 0.2) is 24.6 Å². The summed E-state index contributed by atoms with van der Waals surface area (Å²) in [5.74, 6) is 0.155. The molecule has 40 valence electrons. The monoisotopic (exact) mass is 99.1 g/mol. The average molecular weight is 99.1 g/mol. The highest BCUT2D eigenvalue weighted by Crippen LogP contribution is 1.81. The van der Waals surface area contributed by atoms with E-state index in [2.05, 4.69) is 11.9 Å². The summed E-state index contributed by atoms with van der Waals surface area (Å²) < 4.78 is 0. The average Bonchev–Trinajstić information content (AvgIpc) is 1.68. The molecule has 0 aliphatic heterocycles. The number of hydrogen-bond donors (Lipinski definition) is 2. The molecule has 0 heterocycles. The molecule has 0 radical (unpaired) electrons. The van der Waals surface area contributed by atoms with Gasteiger partial charge in [-0.05, 0) is 6.08 Å². The SMILES string of the molecule is C=C/C(O)=C\NC. The van der Waals surface area contributed by atoms with Gasteiger partial charge in [0.15, 0.2) is 0 Å². The Kier molecular flexibility index (Phi) is 2.85. The first kappa shape index (κ1) is 6.08. The van der Waals surface area contributed by atoms with Crippen molar-refractivity contribution in [1.29, 1.82) is 0 Å². The fourth-order valence-corrected chi connectivity index (χ4v) is 0.207. The largest absolute Gasteiger partial charge is 0.506 e. The number of nitrogens with one attached hydrogen (secondary N) is 1. The van der Waals surface area contributed by atoms with E-state index < -0.39 is 0 Å². The fourth-order valence-electron chi connectivity index (χ4n) is 0.207. The number of aliphatic hydroxyl groups excluding tert-OH is 1. The molecular weight excluding hydrogens is 90.1 g/mol. The van der Waals surface area contributed by atoms with Crippen LogP contribution in [0.1, 0.15) is 0 Å². The quantitative estimate of drug-likeness (QED) is 0.396. The lowest BCUT2D eigenvalue weighted by atomic mass is 10.5. The third-order valence-electron chi connectivity index (χ3n) is 0.501. The van der Waals surface area contributed by atoms with Gasteiger partial charge in [-0.25, -0.2) is 0 Å². The highest BCUT2D eigenvalue weighted by molar-refractivity contribution is 5.04. The van der Waals surface area contributed by atoms with E-state index in [1.54, 1.807) is 7.05 Å². The molecule has 0 rings (SSSR count). The van der Waals surface area contributed by atoms with Crippen molar-refractivity contribution in [2.75, 3.05) is 7.05 Å². The van der Waals surface area contributed by atoms with Gasteiger partial charge in [0.1, 0.15) is 5.76 Å². The summed E-state index contributed by atoms with van der Waals surface area (Å²) in [7, 11) is 1.71. The second-order valence-corrected chi connectivity index (χ2v) is 1.06. The van der Waals surface area contributed by atoms with Crippen LogP contribution in [0.25, 0.3) is 0 Å². The van der Waals surface area contributed by atoms with Crippen LogP contribution in [0.2, 0.25) is 0 Å². The Labute approximate surface area is 43.2 Å². The molecule has 0 saturated heterocycles. The molecule has 0 amide bonds. The zero-order chi connectivity index (χ0) is 5.70. The van der Waals surface area contributed by atoms with Crippen molar-refractivity contribution in [3.05, 3.63) is 24.6 Å². The van der Waals surface area contributed by atoms with Gasteiger partial charge in [0.2, 0.25) is 0 Å². The van der Waals surface area contributed by atoms with E-state index in [0.717, 1.165) is 0 Å². The molecule has 0 fully saturated rings. The summed E-state index contributed by atoms with van der Waals surface area (Å²) in [6, 6.07) is 0. The van der Waals surface area contributed by atoms with E-state index in [9.17, 15) is 0 Å². The third kappa shape index (κ3) is 2.89. The van der Waals surface area contributed by atoms with Crippen molar-refractivity contribution in [1.82, 2.24) is 5.32 Å². The molecule has 0 aromatic rings. The fraction of sp³-hybridized carbons (Fsp3) is 0.200. The Hall–Kier alpha value is -0.920. The predicted molar refractivity (Wildman–Crippen MR) is 30.0 cm³/mol. The van der Waals surface area contributed by atoms with E-state index in [4.69, 9.17) is 5.11 Å². The highest BCUT2D eigenvalue weighted by Gasteiger charge is 1.73. The summed E-state index contributed by atoms with van der Waals surface area (Å²) in [5, 5.41) is 11.2. The number of allylic oxidation sites excluding steroid dienone is 1. The molecule has 7 heavy (non-hydrogen) atoms. The molecule has 2 nitrogen and oxygen atoms in total. The van der Waals surface area contributed by atoms with Crippen LogP contribution in [0.5, 0.6) is 0 Å². The Morgan fingerprint density at radius 3 is 2.57 bits per heavy atom. The van der Waals surface area contributed by atoms with Gasteiger partial charge in [0, 0.05) is 13.2 Å². The van der Waals surface area contributed by atoms with Gasteiger partial charge in [0.25, 0.3) is 0 Å². The molecule has 2 heteroatoms. The van der Waals surface area contributed by atoms with Crippen LogP contribution in [0.4, 0.5) is 0 Å². The minimum absolute atomic E-state index is 0.155. The van der Waals surface area contributed by atoms with Crippen LogP contribution in [-0.4, -0.2) is 12.2 Å². The smallest absolute Gasteiger partial charge is 0.130 e. The van der Waals surface area contributed by atoms with Crippen molar-refractivity contribution in [3.63, 3.8) is 0 Å². The maximum Gasteiger partial charge on any atom is 0.130 e. The van der Waals surface area contributed by atoms with E-state index in [-0.39, 0.29) is 5.76 Å². The maximum atomic E-state index is 8.54. The predicted octanol–water partition coefficient (Wildman–Crippen LogP) is 0.791. The van der Waals surface area contributed by atoms with E-state index in [1.807, 2.05) is 0 Å². The summed E-state index contributed by atoms with van der Waals surface area (Å²) >= 11 is 0. The van der Waals surface area contributed by atoms with E-state index in [0.29, 0.717) is 0 Å². The molecule has 2 N–H and O–H groups in total. The van der Waals surface area contributed by atoms with E-state index in [1.165, 1.54) is 12.3 Å². The number of rotatable bonds is 2. The summed E-state index contributed by atoms with van der Waals surface area (Å²) in [5.41, 5.74) is 0. The lowest BCUT2D eigenvalue weighted by Gasteiger charge is -1.86. The first-order valence-corrected chi connectivity index (χ1v) is 2.00. The van der Waals surface area contributed by atoms with Crippen LogP contribution in [-0.2, 0) is 0 Å². The molecule has 0 atom stereocenters. The van der Waals surface area contributed by atoms with Crippen molar-refractivity contribution in [3.8, 4) is 0 Å². The minimum Gasteiger partial charge on any atom is -0.506 e. The molecule has 0 unspecified atom stereocenters. The Bertz CT molecular complexity index is 86.1. The van der Waals surface area contributed by atoms with Crippen molar-refractivity contribution in [2.24, 2.45) is 0 Å². The molecule has 0 aromatic heterocycles. The molecule has 0 aromatic carbocycles. The zero-order valence-corrected chi connectivity index (χ0v) is 4.31. The van der Waals surface area contributed by atoms with Crippen molar-refractivity contribution in [2.45, 2.75) is 0 Å². The van der Waals surface area contributed by atoms with Gasteiger partial charge >= 0.3 is 0 Å². The van der Waals surface area contributed by atoms with Crippen LogP contribution >= 0.6 is 0 Å². The first-order valence-electron chi connectivity index (χ1n) is 2.00. The van der Waals surface area contributed by atoms with Gasteiger partial charge < -0.3 is 10.4 Å². The molecule has 0 saturated carbocycles. The zero-order valence-electron chi connectivity index (χ0n) is 4.31.